The fourth-order valence-electron chi connectivity index (χ4n) is 2.87. The van der Waals surface area contributed by atoms with Gasteiger partial charge in [-0.1, -0.05) is 13.8 Å². The Bertz CT molecular complexity index is 589. The van der Waals surface area contributed by atoms with E-state index >= 15 is 0 Å². The zero-order valence-electron chi connectivity index (χ0n) is 11.8. The molecule has 1 fully saturated rings. The number of hydrogen-bond donors (Lipinski definition) is 2. The zero-order valence-corrected chi connectivity index (χ0v) is 12.6. The SMILES string of the molecule is CC1CCC(NS(=O)(=O)c2ccc(F)cc2N)C(C)C1. The van der Waals surface area contributed by atoms with Gasteiger partial charge in [-0.3, -0.25) is 0 Å². The lowest BCUT2D eigenvalue weighted by atomic mass is 9.80. The van der Waals surface area contributed by atoms with Crippen molar-refractivity contribution >= 4 is 15.7 Å². The van der Waals surface area contributed by atoms with Crippen LogP contribution < -0.4 is 10.5 Å². The van der Waals surface area contributed by atoms with Gasteiger partial charge in [-0.15, -0.1) is 0 Å². The van der Waals surface area contributed by atoms with Crippen LogP contribution in [0.2, 0.25) is 0 Å². The molecule has 1 aromatic rings. The smallest absolute Gasteiger partial charge is 0.242 e. The summed E-state index contributed by atoms with van der Waals surface area (Å²) in [5.41, 5.74) is 5.55. The predicted molar refractivity (Wildman–Crippen MR) is 77.1 cm³/mol. The molecule has 6 heteroatoms. The molecule has 2 rings (SSSR count). The van der Waals surface area contributed by atoms with Crippen molar-refractivity contribution in [2.24, 2.45) is 11.8 Å². The molecule has 1 aliphatic carbocycles. The number of benzene rings is 1. The summed E-state index contributed by atoms with van der Waals surface area (Å²) in [5.74, 6) is 0.373. The topological polar surface area (TPSA) is 72.2 Å². The fourth-order valence-corrected chi connectivity index (χ4v) is 4.36. The van der Waals surface area contributed by atoms with Gasteiger partial charge in [0, 0.05) is 6.04 Å². The molecule has 0 spiro atoms. The second-order valence-corrected chi connectivity index (χ2v) is 7.49. The molecule has 0 heterocycles. The van der Waals surface area contributed by atoms with Crippen LogP contribution in [0.25, 0.3) is 0 Å². The van der Waals surface area contributed by atoms with Gasteiger partial charge in [0.1, 0.15) is 10.7 Å². The van der Waals surface area contributed by atoms with Crippen molar-refractivity contribution in [1.82, 2.24) is 4.72 Å². The Morgan fingerprint density at radius 2 is 2.00 bits per heavy atom. The average molecular weight is 300 g/mol. The molecule has 4 nitrogen and oxygen atoms in total. The van der Waals surface area contributed by atoms with E-state index in [0.29, 0.717) is 5.92 Å². The Hall–Kier alpha value is -1.14. The molecular weight excluding hydrogens is 279 g/mol. The fraction of sp³-hybridized carbons (Fsp3) is 0.571. The Labute approximate surface area is 119 Å². The van der Waals surface area contributed by atoms with E-state index in [1.54, 1.807) is 0 Å². The normalized spacial score (nSPS) is 27.4. The number of nitrogen functional groups attached to an aromatic ring is 1. The van der Waals surface area contributed by atoms with Gasteiger partial charge in [-0.25, -0.2) is 17.5 Å². The predicted octanol–water partition coefficient (Wildman–Crippen LogP) is 2.51. The first-order valence-corrected chi connectivity index (χ1v) is 8.35. The summed E-state index contributed by atoms with van der Waals surface area (Å²) in [6.45, 7) is 4.23. The lowest BCUT2D eigenvalue weighted by Gasteiger charge is -2.33. The summed E-state index contributed by atoms with van der Waals surface area (Å²) in [7, 11) is -3.70. The van der Waals surface area contributed by atoms with E-state index in [-0.39, 0.29) is 22.5 Å². The maximum Gasteiger partial charge on any atom is 0.242 e. The summed E-state index contributed by atoms with van der Waals surface area (Å²) in [5, 5.41) is 0. The zero-order chi connectivity index (χ0) is 14.9. The van der Waals surface area contributed by atoms with E-state index < -0.39 is 15.8 Å². The van der Waals surface area contributed by atoms with E-state index in [9.17, 15) is 12.8 Å². The van der Waals surface area contributed by atoms with E-state index in [2.05, 4.69) is 18.6 Å². The summed E-state index contributed by atoms with van der Waals surface area (Å²) >= 11 is 0. The Morgan fingerprint density at radius 1 is 1.30 bits per heavy atom. The highest BCUT2D eigenvalue weighted by atomic mass is 32.2. The van der Waals surface area contributed by atoms with Crippen LogP contribution in [-0.2, 0) is 10.0 Å². The molecule has 3 atom stereocenters. The first-order valence-electron chi connectivity index (χ1n) is 6.87. The highest BCUT2D eigenvalue weighted by Crippen LogP contribution is 2.30. The van der Waals surface area contributed by atoms with Crippen LogP contribution in [0, 0.1) is 17.7 Å². The van der Waals surface area contributed by atoms with Crippen LogP contribution in [0.1, 0.15) is 33.1 Å². The number of nitrogens with two attached hydrogens (primary N) is 1. The highest BCUT2D eigenvalue weighted by Gasteiger charge is 2.30. The van der Waals surface area contributed by atoms with Gasteiger partial charge in [-0.05, 0) is 49.3 Å². The summed E-state index contributed by atoms with van der Waals surface area (Å²) < 4.78 is 40.4. The van der Waals surface area contributed by atoms with Crippen molar-refractivity contribution < 1.29 is 12.8 Å². The summed E-state index contributed by atoms with van der Waals surface area (Å²) in [6.07, 6.45) is 2.84. The molecule has 1 aliphatic rings. The Balaban J connectivity index is 2.19. The minimum atomic E-state index is -3.70. The van der Waals surface area contributed by atoms with Crippen LogP contribution in [0.15, 0.2) is 23.1 Å². The van der Waals surface area contributed by atoms with E-state index in [1.165, 1.54) is 6.07 Å². The quantitative estimate of drug-likeness (QED) is 0.843. The van der Waals surface area contributed by atoms with Gasteiger partial charge in [-0.2, -0.15) is 0 Å². The van der Waals surface area contributed by atoms with Gasteiger partial charge in [0.05, 0.1) is 5.69 Å². The van der Waals surface area contributed by atoms with Crippen LogP contribution in [0.4, 0.5) is 10.1 Å². The monoisotopic (exact) mass is 300 g/mol. The second kappa shape index (κ2) is 5.69. The third-order valence-electron chi connectivity index (χ3n) is 4.00. The number of hydrogen-bond acceptors (Lipinski definition) is 3. The van der Waals surface area contributed by atoms with Gasteiger partial charge in [0.15, 0.2) is 0 Å². The largest absolute Gasteiger partial charge is 0.398 e. The molecule has 112 valence electrons. The third-order valence-corrected chi connectivity index (χ3v) is 5.56. The van der Waals surface area contributed by atoms with Crippen molar-refractivity contribution in [3.8, 4) is 0 Å². The van der Waals surface area contributed by atoms with Gasteiger partial charge in [0.2, 0.25) is 10.0 Å². The van der Waals surface area contributed by atoms with Gasteiger partial charge in [0.25, 0.3) is 0 Å². The average Bonchev–Trinajstić information content (AvgIpc) is 2.32. The molecule has 0 bridgehead atoms. The maximum absolute atomic E-state index is 13.0. The number of halogens is 1. The lowest BCUT2D eigenvalue weighted by Crippen LogP contribution is -2.42. The minimum absolute atomic E-state index is 0.0512. The summed E-state index contributed by atoms with van der Waals surface area (Å²) in [4.78, 5) is -0.0512. The first-order chi connectivity index (χ1) is 9.29. The van der Waals surface area contributed by atoms with Crippen LogP contribution in [0.3, 0.4) is 0 Å². The van der Waals surface area contributed by atoms with Crippen molar-refractivity contribution in [3.63, 3.8) is 0 Å². The molecule has 1 aromatic carbocycles. The third kappa shape index (κ3) is 3.30. The second-order valence-electron chi connectivity index (χ2n) is 5.81. The molecular formula is C14H21FN2O2S. The van der Waals surface area contributed by atoms with Crippen molar-refractivity contribution in [2.45, 2.75) is 44.0 Å². The van der Waals surface area contributed by atoms with Crippen molar-refractivity contribution in [1.29, 1.82) is 0 Å². The maximum atomic E-state index is 13.0. The van der Waals surface area contributed by atoms with E-state index in [0.717, 1.165) is 31.4 Å². The van der Waals surface area contributed by atoms with Crippen molar-refractivity contribution in [2.75, 3.05) is 5.73 Å². The Morgan fingerprint density at radius 3 is 2.60 bits per heavy atom. The van der Waals surface area contributed by atoms with Crippen LogP contribution in [-0.4, -0.2) is 14.5 Å². The molecule has 0 radical (unpaired) electrons. The molecule has 0 amide bonds. The molecule has 3 unspecified atom stereocenters. The van der Waals surface area contributed by atoms with Crippen molar-refractivity contribution in [3.05, 3.63) is 24.0 Å². The number of anilines is 1. The van der Waals surface area contributed by atoms with Gasteiger partial charge < -0.3 is 5.73 Å². The van der Waals surface area contributed by atoms with Crippen LogP contribution in [0.5, 0.6) is 0 Å². The highest BCUT2D eigenvalue weighted by molar-refractivity contribution is 7.89. The molecule has 0 saturated heterocycles. The minimum Gasteiger partial charge on any atom is -0.398 e. The summed E-state index contributed by atoms with van der Waals surface area (Å²) in [6, 6.07) is 3.27. The molecule has 0 aliphatic heterocycles. The van der Waals surface area contributed by atoms with Crippen LogP contribution >= 0.6 is 0 Å². The number of nitrogens with one attached hydrogen (secondary N) is 1. The molecule has 1 saturated carbocycles. The molecule has 20 heavy (non-hydrogen) atoms. The lowest BCUT2D eigenvalue weighted by molar-refractivity contribution is 0.249. The first kappa shape index (κ1) is 15.3. The standard InChI is InChI=1S/C14H21FN2O2S/c1-9-3-5-13(10(2)7-9)17-20(18,19)14-6-4-11(15)8-12(14)16/h4,6,8-10,13,17H,3,5,7,16H2,1-2H3. The molecule has 0 aromatic heterocycles. The molecule has 3 N–H and O–H groups in total. The number of rotatable bonds is 3. The van der Waals surface area contributed by atoms with E-state index in [1.807, 2.05) is 0 Å². The van der Waals surface area contributed by atoms with E-state index in [4.69, 9.17) is 5.73 Å². The Kier molecular flexibility index (Phi) is 4.34. The number of sulfonamides is 1. The van der Waals surface area contributed by atoms with Gasteiger partial charge >= 0.3 is 0 Å².